The van der Waals surface area contributed by atoms with Gasteiger partial charge in [0, 0.05) is 21.0 Å². The lowest BCUT2D eigenvalue weighted by molar-refractivity contribution is 0.494. The van der Waals surface area contributed by atoms with E-state index in [9.17, 15) is 0 Å². The maximum absolute atomic E-state index is 6.01. The van der Waals surface area contributed by atoms with Gasteiger partial charge in [-0.3, -0.25) is 5.10 Å². The highest BCUT2D eigenvalue weighted by atomic mass is 32.1. The normalized spacial score (nSPS) is 11.2. The van der Waals surface area contributed by atoms with E-state index in [4.69, 9.17) is 4.74 Å². The minimum Gasteiger partial charge on any atom is -0.446 e. The second-order valence-corrected chi connectivity index (χ2v) is 5.69. The number of nitrogens with zero attached hydrogens (tertiary/aromatic N) is 1. The zero-order valence-electron chi connectivity index (χ0n) is 10.9. The summed E-state index contributed by atoms with van der Waals surface area (Å²) in [6.07, 6.45) is 1.87. The average Bonchev–Trinajstić information content (AvgIpc) is 3.06. The van der Waals surface area contributed by atoms with Crippen molar-refractivity contribution in [3.63, 3.8) is 0 Å². The summed E-state index contributed by atoms with van der Waals surface area (Å²) in [5.41, 5.74) is 2.24. The number of thiophene rings is 1. The predicted octanol–water partition coefficient (Wildman–Crippen LogP) is 4.88. The molecule has 0 amide bonds. The van der Waals surface area contributed by atoms with E-state index in [0.29, 0.717) is 0 Å². The fourth-order valence-corrected chi connectivity index (χ4v) is 3.56. The summed E-state index contributed by atoms with van der Waals surface area (Å²) in [4.78, 5) is 0. The van der Waals surface area contributed by atoms with Crippen molar-refractivity contribution in [3.05, 3.63) is 54.2 Å². The van der Waals surface area contributed by atoms with Crippen molar-refractivity contribution in [2.45, 2.75) is 6.92 Å². The van der Waals surface area contributed by atoms with E-state index in [2.05, 4.69) is 29.3 Å². The van der Waals surface area contributed by atoms with Crippen molar-refractivity contribution in [1.29, 1.82) is 0 Å². The van der Waals surface area contributed by atoms with Gasteiger partial charge in [0.25, 0.3) is 0 Å². The second kappa shape index (κ2) is 4.35. The molecule has 4 aromatic rings. The highest BCUT2D eigenvalue weighted by Crippen LogP contribution is 2.42. The number of hydrogen-bond donors (Lipinski definition) is 1. The van der Waals surface area contributed by atoms with Gasteiger partial charge in [-0.15, -0.1) is 0 Å². The molecule has 0 atom stereocenters. The molecule has 0 aliphatic heterocycles. The molecule has 2 heterocycles. The number of hydrogen-bond acceptors (Lipinski definition) is 3. The number of para-hydroxylation sites is 1. The number of aryl methyl sites for hydroxylation is 1. The van der Waals surface area contributed by atoms with Gasteiger partial charge in [-0.2, -0.15) is 5.10 Å². The van der Waals surface area contributed by atoms with Crippen molar-refractivity contribution in [1.82, 2.24) is 10.2 Å². The summed E-state index contributed by atoms with van der Waals surface area (Å²) in [5.74, 6) is 0.866. The largest absolute Gasteiger partial charge is 0.446 e. The summed E-state index contributed by atoms with van der Waals surface area (Å²) in [6.45, 7) is 2.10. The quantitative estimate of drug-likeness (QED) is 0.568. The van der Waals surface area contributed by atoms with Gasteiger partial charge < -0.3 is 4.74 Å². The molecule has 0 saturated carbocycles. The van der Waals surface area contributed by atoms with Crippen molar-refractivity contribution >= 4 is 32.3 Å². The molecule has 1 N–H and O–H groups in total. The molecule has 0 saturated heterocycles. The van der Waals surface area contributed by atoms with Gasteiger partial charge in [0.15, 0.2) is 5.06 Å². The summed E-state index contributed by atoms with van der Waals surface area (Å²) in [6, 6.07) is 14.1. The Kier molecular flexibility index (Phi) is 2.50. The number of fused-ring (bicyclic) bond motifs is 3. The number of H-pyrrole nitrogens is 1. The molecule has 0 spiro atoms. The first-order valence-corrected chi connectivity index (χ1v) is 7.22. The average molecular weight is 280 g/mol. The van der Waals surface area contributed by atoms with E-state index in [1.54, 1.807) is 11.3 Å². The molecule has 2 aromatic heterocycles. The number of aromatic amines is 1. The number of ether oxygens (including phenoxy) is 1. The molecular formula is C16H12N2OS. The van der Waals surface area contributed by atoms with Crippen LogP contribution >= 0.6 is 11.3 Å². The monoisotopic (exact) mass is 280 g/mol. The molecular weight excluding hydrogens is 268 g/mol. The van der Waals surface area contributed by atoms with Gasteiger partial charge in [-0.1, -0.05) is 35.6 Å². The summed E-state index contributed by atoms with van der Waals surface area (Å²) >= 11 is 1.67. The molecule has 0 unspecified atom stereocenters. The predicted molar refractivity (Wildman–Crippen MR) is 82.7 cm³/mol. The van der Waals surface area contributed by atoms with E-state index in [1.165, 1.54) is 15.6 Å². The van der Waals surface area contributed by atoms with Crippen LogP contribution in [0.5, 0.6) is 10.8 Å². The molecule has 0 aliphatic carbocycles. The minimum absolute atomic E-state index is 0.866. The Morgan fingerprint density at radius 2 is 1.90 bits per heavy atom. The number of benzene rings is 2. The van der Waals surface area contributed by atoms with Crippen molar-refractivity contribution < 1.29 is 4.74 Å². The van der Waals surface area contributed by atoms with Crippen molar-refractivity contribution in [2.75, 3.05) is 0 Å². The highest BCUT2D eigenvalue weighted by Gasteiger charge is 2.13. The Hall–Kier alpha value is -2.33. The third kappa shape index (κ3) is 1.69. The molecule has 0 aliphatic rings. The lowest BCUT2D eigenvalue weighted by Gasteiger charge is -2.03. The van der Waals surface area contributed by atoms with Gasteiger partial charge in [0.1, 0.15) is 5.75 Å². The van der Waals surface area contributed by atoms with Crippen molar-refractivity contribution in [3.8, 4) is 10.8 Å². The number of nitrogens with one attached hydrogen (secondary N) is 1. The Morgan fingerprint density at radius 3 is 2.75 bits per heavy atom. The third-order valence-corrected chi connectivity index (χ3v) is 4.65. The van der Waals surface area contributed by atoms with E-state index in [1.807, 2.05) is 36.5 Å². The van der Waals surface area contributed by atoms with Crippen LogP contribution in [0.4, 0.5) is 0 Å². The van der Waals surface area contributed by atoms with Gasteiger partial charge in [-0.05, 0) is 25.1 Å². The smallest absolute Gasteiger partial charge is 0.185 e. The molecule has 20 heavy (non-hydrogen) atoms. The Morgan fingerprint density at radius 1 is 1.05 bits per heavy atom. The highest BCUT2D eigenvalue weighted by molar-refractivity contribution is 7.22. The Balaban J connectivity index is 1.90. The molecule has 0 bridgehead atoms. The topological polar surface area (TPSA) is 37.9 Å². The summed E-state index contributed by atoms with van der Waals surface area (Å²) in [7, 11) is 0. The number of rotatable bonds is 2. The fourth-order valence-electron chi connectivity index (χ4n) is 2.37. The maximum Gasteiger partial charge on any atom is 0.185 e. The van der Waals surface area contributed by atoms with Gasteiger partial charge >= 0.3 is 0 Å². The molecule has 0 fully saturated rings. The summed E-state index contributed by atoms with van der Waals surface area (Å²) in [5, 5.41) is 10.4. The SMILES string of the molecule is Cc1c(Oc2ccccc2)sc2c1ccc1[nH]ncc12. The summed E-state index contributed by atoms with van der Waals surface area (Å²) < 4.78 is 7.23. The van der Waals surface area contributed by atoms with Crippen molar-refractivity contribution in [2.24, 2.45) is 0 Å². The zero-order chi connectivity index (χ0) is 13.5. The maximum atomic E-state index is 6.01. The van der Waals surface area contributed by atoms with Crippen LogP contribution in [0.3, 0.4) is 0 Å². The molecule has 4 rings (SSSR count). The molecule has 2 aromatic carbocycles. The van der Waals surface area contributed by atoms with Crippen LogP contribution in [0.25, 0.3) is 21.0 Å². The molecule has 0 radical (unpaired) electrons. The Labute approximate surface area is 119 Å². The molecule has 3 nitrogen and oxygen atoms in total. The first kappa shape index (κ1) is 11.5. The van der Waals surface area contributed by atoms with E-state index < -0.39 is 0 Å². The lowest BCUT2D eigenvalue weighted by Crippen LogP contribution is -1.81. The van der Waals surface area contributed by atoms with Crippen LogP contribution in [-0.4, -0.2) is 10.2 Å². The lowest BCUT2D eigenvalue weighted by atomic mass is 10.1. The van der Waals surface area contributed by atoms with Gasteiger partial charge in [0.2, 0.25) is 0 Å². The van der Waals surface area contributed by atoms with E-state index in [0.717, 1.165) is 21.7 Å². The number of aromatic nitrogens is 2. The molecule has 98 valence electrons. The standard InChI is InChI=1S/C16H12N2OS/c1-10-12-7-8-14-13(9-17-18-14)15(12)20-16(10)19-11-5-3-2-4-6-11/h2-9H,1H3,(H,17,18). The van der Waals surface area contributed by atoms with E-state index >= 15 is 0 Å². The van der Waals surface area contributed by atoms with Crippen LogP contribution in [0.15, 0.2) is 48.7 Å². The minimum atomic E-state index is 0.866. The van der Waals surface area contributed by atoms with Gasteiger partial charge in [0.05, 0.1) is 11.7 Å². The fraction of sp³-hybridized carbons (Fsp3) is 0.0625. The molecule has 4 heteroatoms. The van der Waals surface area contributed by atoms with Crippen LogP contribution in [-0.2, 0) is 0 Å². The first-order chi connectivity index (χ1) is 9.83. The Bertz CT molecular complexity index is 893. The first-order valence-electron chi connectivity index (χ1n) is 6.41. The zero-order valence-corrected chi connectivity index (χ0v) is 11.7. The third-order valence-electron chi connectivity index (χ3n) is 3.43. The van der Waals surface area contributed by atoms with Gasteiger partial charge in [-0.25, -0.2) is 0 Å². The second-order valence-electron chi connectivity index (χ2n) is 4.70. The van der Waals surface area contributed by atoms with Crippen LogP contribution in [0.2, 0.25) is 0 Å². The van der Waals surface area contributed by atoms with Crippen LogP contribution < -0.4 is 4.74 Å². The van der Waals surface area contributed by atoms with Crippen LogP contribution in [0.1, 0.15) is 5.56 Å². The van der Waals surface area contributed by atoms with Crippen LogP contribution in [0, 0.1) is 6.92 Å². The van der Waals surface area contributed by atoms with E-state index in [-0.39, 0.29) is 0 Å².